The van der Waals surface area contributed by atoms with Crippen LogP contribution in [0.15, 0.2) is 0 Å². The van der Waals surface area contributed by atoms with E-state index in [1.54, 1.807) is 0 Å². The van der Waals surface area contributed by atoms with E-state index >= 15 is 0 Å². The molecular formula is C10H19NO3. The predicted octanol–water partition coefficient (Wildman–Crippen LogP) is 1.23. The maximum Gasteiger partial charge on any atom is 0.160 e. The van der Waals surface area contributed by atoms with Gasteiger partial charge in [-0.3, -0.25) is 14.4 Å². The summed E-state index contributed by atoms with van der Waals surface area (Å²) in [5.74, 6) is 5.03. The third-order valence-electron chi connectivity index (χ3n) is 2.29. The molecule has 0 saturated heterocycles. The molecular weight excluding hydrogens is 182 g/mol. The van der Waals surface area contributed by atoms with Gasteiger partial charge in [0.1, 0.15) is 12.4 Å². The van der Waals surface area contributed by atoms with Gasteiger partial charge in [-0.2, -0.15) is 0 Å². The van der Waals surface area contributed by atoms with E-state index < -0.39 is 0 Å². The fraction of sp³-hybridized carbons (Fsp3) is 0.800. The normalized spacial score (nSPS) is 12.5. The average Bonchev–Trinajstić information content (AvgIpc) is 2.16. The molecule has 4 heteroatoms. The summed E-state index contributed by atoms with van der Waals surface area (Å²) in [7, 11) is 0. The zero-order valence-corrected chi connectivity index (χ0v) is 8.91. The van der Waals surface area contributed by atoms with Gasteiger partial charge in [0.25, 0.3) is 0 Å². The van der Waals surface area contributed by atoms with Crippen molar-refractivity contribution in [2.24, 2.45) is 11.8 Å². The van der Waals surface area contributed by atoms with Gasteiger partial charge in [0.2, 0.25) is 0 Å². The molecule has 0 radical (unpaired) electrons. The lowest BCUT2D eigenvalue weighted by Gasteiger charge is -2.06. The number of rotatable bonds is 8. The van der Waals surface area contributed by atoms with Crippen molar-refractivity contribution >= 4 is 11.6 Å². The van der Waals surface area contributed by atoms with E-state index in [0.717, 1.165) is 6.42 Å². The molecule has 14 heavy (non-hydrogen) atoms. The molecule has 0 aliphatic carbocycles. The third-order valence-corrected chi connectivity index (χ3v) is 2.29. The van der Waals surface area contributed by atoms with Gasteiger partial charge in [-0.15, -0.1) is 0 Å². The molecule has 0 rings (SSSR count). The molecule has 0 bridgehead atoms. The van der Waals surface area contributed by atoms with Crippen molar-refractivity contribution in [1.82, 2.24) is 0 Å². The Labute approximate surface area is 84.8 Å². The third kappa shape index (κ3) is 5.83. The van der Waals surface area contributed by atoms with Crippen LogP contribution in [0.1, 0.15) is 39.5 Å². The molecule has 0 saturated carbocycles. The van der Waals surface area contributed by atoms with E-state index in [9.17, 15) is 9.59 Å². The molecule has 1 atom stereocenters. The topological polar surface area (TPSA) is 69.4 Å². The van der Waals surface area contributed by atoms with E-state index in [2.05, 4.69) is 4.84 Å². The monoisotopic (exact) mass is 201 g/mol. The van der Waals surface area contributed by atoms with Crippen molar-refractivity contribution in [1.29, 1.82) is 0 Å². The van der Waals surface area contributed by atoms with Crippen molar-refractivity contribution in [3.8, 4) is 0 Å². The second-order valence-corrected chi connectivity index (χ2v) is 3.48. The summed E-state index contributed by atoms with van der Waals surface area (Å²) < 4.78 is 0. The summed E-state index contributed by atoms with van der Waals surface area (Å²) >= 11 is 0. The highest BCUT2D eigenvalue weighted by molar-refractivity contribution is 5.82. The van der Waals surface area contributed by atoms with Crippen LogP contribution >= 0.6 is 0 Å². The highest BCUT2D eigenvalue weighted by Gasteiger charge is 2.10. The number of Topliss-reactive ketones (excluding diaryl/α,β-unsaturated/α-hetero) is 2. The van der Waals surface area contributed by atoms with Crippen LogP contribution in [-0.2, 0) is 14.4 Å². The van der Waals surface area contributed by atoms with Crippen LogP contribution in [0.3, 0.4) is 0 Å². The number of carbonyl (C=O) groups excluding carboxylic acids is 2. The Bertz CT molecular complexity index is 192. The van der Waals surface area contributed by atoms with Crippen LogP contribution < -0.4 is 5.90 Å². The Morgan fingerprint density at radius 3 is 2.50 bits per heavy atom. The molecule has 1 unspecified atom stereocenters. The largest absolute Gasteiger partial charge is 0.299 e. The lowest BCUT2D eigenvalue weighted by atomic mass is 9.99. The lowest BCUT2D eigenvalue weighted by molar-refractivity contribution is -0.124. The Morgan fingerprint density at radius 1 is 1.36 bits per heavy atom. The quantitative estimate of drug-likeness (QED) is 0.600. The van der Waals surface area contributed by atoms with Crippen LogP contribution in [0.4, 0.5) is 0 Å². The molecule has 0 fully saturated rings. The van der Waals surface area contributed by atoms with Crippen LogP contribution in [-0.4, -0.2) is 18.2 Å². The summed E-state index contributed by atoms with van der Waals surface area (Å²) in [6, 6.07) is 0. The maximum absolute atomic E-state index is 11.3. The molecule has 0 spiro atoms. The number of hydrogen-bond donors (Lipinski definition) is 1. The van der Waals surface area contributed by atoms with Crippen LogP contribution in [0.25, 0.3) is 0 Å². The first-order valence-electron chi connectivity index (χ1n) is 4.97. The smallest absolute Gasteiger partial charge is 0.160 e. The summed E-state index contributed by atoms with van der Waals surface area (Å²) in [6.45, 7) is 3.83. The van der Waals surface area contributed by atoms with E-state index in [4.69, 9.17) is 5.90 Å². The van der Waals surface area contributed by atoms with E-state index in [1.807, 2.05) is 13.8 Å². The molecule has 4 nitrogen and oxygen atoms in total. The number of hydrogen-bond acceptors (Lipinski definition) is 4. The number of ketones is 2. The van der Waals surface area contributed by atoms with Crippen molar-refractivity contribution < 1.29 is 14.4 Å². The molecule has 0 aliphatic rings. The van der Waals surface area contributed by atoms with E-state index in [1.165, 1.54) is 0 Å². The SMILES string of the molecule is CCC(C)C(=O)CCCC(=O)CON. The van der Waals surface area contributed by atoms with E-state index in [0.29, 0.717) is 19.3 Å². The summed E-state index contributed by atoms with van der Waals surface area (Å²) in [6.07, 6.45) is 2.31. The van der Waals surface area contributed by atoms with Gasteiger partial charge < -0.3 is 0 Å². The molecule has 0 heterocycles. The Morgan fingerprint density at radius 2 is 2.00 bits per heavy atom. The van der Waals surface area contributed by atoms with Crippen LogP contribution in [0.2, 0.25) is 0 Å². The Hall–Kier alpha value is -0.740. The first kappa shape index (κ1) is 13.3. The predicted molar refractivity (Wildman–Crippen MR) is 53.5 cm³/mol. The highest BCUT2D eigenvalue weighted by Crippen LogP contribution is 2.08. The van der Waals surface area contributed by atoms with Gasteiger partial charge in [0.15, 0.2) is 5.78 Å². The fourth-order valence-corrected chi connectivity index (χ4v) is 1.10. The van der Waals surface area contributed by atoms with Crippen molar-refractivity contribution in [3.05, 3.63) is 0 Å². The maximum atomic E-state index is 11.3. The van der Waals surface area contributed by atoms with Gasteiger partial charge >= 0.3 is 0 Å². The molecule has 2 N–H and O–H groups in total. The molecule has 0 aromatic heterocycles. The van der Waals surface area contributed by atoms with Gasteiger partial charge in [0, 0.05) is 18.8 Å². The van der Waals surface area contributed by atoms with Crippen molar-refractivity contribution in [3.63, 3.8) is 0 Å². The zero-order valence-electron chi connectivity index (χ0n) is 8.91. The first-order valence-corrected chi connectivity index (χ1v) is 4.97. The summed E-state index contributed by atoms with van der Waals surface area (Å²) in [5.41, 5.74) is 0. The van der Waals surface area contributed by atoms with Gasteiger partial charge in [0.05, 0.1) is 0 Å². The fourth-order valence-electron chi connectivity index (χ4n) is 1.10. The van der Waals surface area contributed by atoms with Gasteiger partial charge in [-0.05, 0) is 12.8 Å². The minimum absolute atomic E-state index is 0.0514. The van der Waals surface area contributed by atoms with Crippen molar-refractivity contribution in [2.45, 2.75) is 39.5 Å². The Kier molecular flexibility index (Phi) is 7.24. The zero-order chi connectivity index (χ0) is 11.0. The van der Waals surface area contributed by atoms with Crippen LogP contribution in [0.5, 0.6) is 0 Å². The Balaban J connectivity index is 3.54. The van der Waals surface area contributed by atoms with Gasteiger partial charge in [-0.1, -0.05) is 13.8 Å². The number of carbonyl (C=O) groups is 2. The molecule has 82 valence electrons. The van der Waals surface area contributed by atoms with Crippen molar-refractivity contribution in [2.75, 3.05) is 6.61 Å². The first-order chi connectivity index (χ1) is 6.61. The molecule has 0 amide bonds. The molecule has 0 aromatic carbocycles. The molecule has 0 aliphatic heterocycles. The van der Waals surface area contributed by atoms with Crippen LogP contribution in [0, 0.1) is 5.92 Å². The highest BCUT2D eigenvalue weighted by atomic mass is 16.6. The summed E-state index contributed by atoms with van der Waals surface area (Å²) in [4.78, 5) is 26.5. The second kappa shape index (κ2) is 7.64. The number of nitrogens with two attached hydrogens (primary N) is 1. The standard InChI is InChI=1S/C10H19NO3/c1-3-8(2)10(13)6-4-5-9(12)7-14-11/h8H,3-7,11H2,1-2H3. The second-order valence-electron chi connectivity index (χ2n) is 3.48. The minimum Gasteiger partial charge on any atom is -0.299 e. The van der Waals surface area contributed by atoms with E-state index in [-0.39, 0.29) is 24.1 Å². The van der Waals surface area contributed by atoms with Gasteiger partial charge in [-0.25, -0.2) is 5.90 Å². The lowest BCUT2D eigenvalue weighted by Crippen LogP contribution is -2.14. The minimum atomic E-state index is -0.0580. The molecule has 0 aromatic rings. The summed E-state index contributed by atoms with van der Waals surface area (Å²) in [5, 5.41) is 0. The average molecular weight is 201 g/mol.